The van der Waals surface area contributed by atoms with Gasteiger partial charge < -0.3 is 5.32 Å². The third kappa shape index (κ3) is 2.66. The molecule has 3 aromatic rings. The number of hydrogen-bond acceptors (Lipinski definition) is 4. The monoisotopic (exact) mass is 270 g/mol. The number of anilines is 1. The van der Waals surface area contributed by atoms with E-state index in [1.807, 2.05) is 40.7 Å². The lowest BCUT2D eigenvalue weighted by atomic mass is 10.2. The molecule has 5 heteroatoms. The van der Waals surface area contributed by atoms with Gasteiger partial charge in [-0.15, -0.1) is 11.3 Å². The number of aromatic nitrogens is 3. The van der Waals surface area contributed by atoms with Crippen LogP contribution in [0.15, 0.2) is 54.3 Å². The highest BCUT2D eigenvalue weighted by Gasteiger charge is 2.07. The Bertz CT molecular complexity index is 614. The molecule has 0 aliphatic carbocycles. The molecule has 0 saturated carbocycles. The lowest BCUT2D eigenvalue weighted by Crippen LogP contribution is -2.06. The van der Waals surface area contributed by atoms with Gasteiger partial charge in [0.05, 0.1) is 11.7 Å². The van der Waals surface area contributed by atoms with Gasteiger partial charge in [-0.1, -0.05) is 0 Å². The molecule has 4 nitrogen and oxygen atoms in total. The lowest BCUT2D eigenvalue weighted by molar-refractivity contribution is 0.865. The molecule has 0 saturated heterocycles. The van der Waals surface area contributed by atoms with E-state index in [0.717, 1.165) is 16.4 Å². The highest BCUT2D eigenvalue weighted by molar-refractivity contribution is 7.09. The molecule has 0 amide bonds. The van der Waals surface area contributed by atoms with Crippen molar-refractivity contribution < 1.29 is 0 Å². The van der Waals surface area contributed by atoms with E-state index in [0.29, 0.717) is 0 Å². The summed E-state index contributed by atoms with van der Waals surface area (Å²) in [7, 11) is 0. The number of hydrogen-bond donors (Lipinski definition) is 1. The van der Waals surface area contributed by atoms with Gasteiger partial charge in [0.15, 0.2) is 0 Å². The fourth-order valence-electron chi connectivity index (χ4n) is 1.89. The van der Waals surface area contributed by atoms with Gasteiger partial charge in [-0.3, -0.25) is 0 Å². The molecule has 1 aromatic carbocycles. The number of rotatable bonds is 4. The zero-order valence-electron chi connectivity index (χ0n) is 10.5. The Kier molecular flexibility index (Phi) is 3.29. The van der Waals surface area contributed by atoms with Crippen molar-refractivity contribution in [3.8, 4) is 5.69 Å². The summed E-state index contributed by atoms with van der Waals surface area (Å²) in [6.07, 6.45) is 5.54. The van der Waals surface area contributed by atoms with Crippen LogP contribution >= 0.6 is 11.3 Å². The van der Waals surface area contributed by atoms with Crippen molar-refractivity contribution in [1.29, 1.82) is 0 Å². The summed E-state index contributed by atoms with van der Waals surface area (Å²) in [4.78, 5) is 4.31. The van der Waals surface area contributed by atoms with Gasteiger partial charge in [-0.25, -0.2) is 9.67 Å². The highest BCUT2D eigenvalue weighted by Crippen LogP contribution is 2.21. The Morgan fingerprint density at radius 1 is 1.21 bits per heavy atom. The topological polar surface area (TPSA) is 42.7 Å². The van der Waals surface area contributed by atoms with Gasteiger partial charge in [0.2, 0.25) is 0 Å². The fraction of sp³-hybridized carbons (Fsp3) is 0.143. The molecular weight excluding hydrogens is 256 g/mol. The summed E-state index contributed by atoms with van der Waals surface area (Å²) < 4.78 is 1.84. The zero-order chi connectivity index (χ0) is 13.1. The van der Waals surface area contributed by atoms with Gasteiger partial charge >= 0.3 is 0 Å². The molecule has 2 aromatic heterocycles. The van der Waals surface area contributed by atoms with Crippen LogP contribution in [0.3, 0.4) is 0 Å². The number of thiazole rings is 1. The van der Waals surface area contributed by atoms with Crippen LogP contribution in [-0.2, 0) is 0 Å². The van der Waals surface area contributed by atoms with Crippen LogP contribution < -0.4 is 5.32 Å². The third-order valence-corrected chi connectivity index (χ3v) is 3.80. The minimum Gasteiger partial charge on any atom is -0.376 e. The standard InChI is InChI=1S/C14H14N4S/c1-11(14-15-8-10-19-14)17-12-3-5-13(6-4-12)18-9-2-7-16-18/h2-11,17H,1H3. The number of nitrogens with one attached hydrogen (secondary N) is 1. The third-order valence-electron chi connectivity index (χ3n) is 2.84. The minimum absolute atomic E-state index is 0.218. The van der Waals surface area contributed by atoms with Crippen molar-refractivity contribution in [3.63, 3.8) is 0 Å². The molecule has 0 fully saturated rings. The van der Waals surface area contributed by atoms with E-state index < -0.39 is 0 Å². The van der Waals surface area contributed by atoms with Gasteiger partial charge in [0.1, 0.15) is 5.01 Å². The molecule has 1 N–H and O–H groups in total. The normalized spacial score (nSPS) is 12.3. The maximum atomic E-state index is 4.31. The molecule has 0 aliphatic heterocycles. The first-order chi connectivity index (χ1) is 9.33. The van der Waals surface area contributed by atoms with Gasteiger partial charge in [-0.2, -0.15) is 5.10 Å². The first-order valence-electron chi connectivity index (χ1n) is 6.09. The van der Waals surface area contributed by atoms with E-state index in [2.05, 4.69) is 34.5 Å². The summed E-state index contributed by atoms with van der Waals surface area (Å²) in [5, 5.41) is 10.7. The summed E-state index contributed by atoms with van der Waals surface area (Å²) in [6, 6.07) is 10.3. The predicted octanol–water partition coefficient (Wildman–Crippen LogP) is 3.50. The van der Waals surface area contributed by atoms with Crippen molar-refractivity contribution >= 4 is 17.0 Å². The maximum absolute atomic E-state index is 4.31. The van der Waals surface area contributed by atoms with E-state index in [1.165, 1.54) is 0 Å². The second-order valence-electron chi connectivity index (χ2n) is 4.23. The summed E-state index contributed by atoms with van der Waals surface area (Å²) in [5.41, 5.74) is 2.14. The quantitative estimate of drug-likeness (QED) is 0.789. The largest absolute Gasteiger partial charge is 0.376 e. The van der Waals surface area contributed by atoms with Crippen LogP contribution in [0.1, 0.15) is 18.0 Å². The summed E-state index contributed by atoms with van der Waals surface area (Å²) >= 11 is 1.66. The second-order valence-corrected chi connectivity index (χ2v) is 5.16. The molecule has 0 spiro atoms. The number of nitrogens with zero attached hydrogens (tertiary/aromatic N) is 3. The molecule has 0 radical (unpaired) electrons. The van der Waals surface area contributed by atoms with E-state index in [1.54, 1.807) is 17.5 Å². The van der Waals surface area contributed by atoms with Crippen molar-refractivity contribution in [2.45, 2.75) is 13.0 Å². The lowest BCUT2D eigenvalue weighted by Gasteiger charge is -2.13. The van der Waals surface area contributed by atoms with Crippen molar-refractivity contribution in [1.82, 2.24) is 14.8 Å². The van der Waals surface area contributed by atoms with Crippen LogP contribution in [0.2, 0.25) is 0 Å². The SMILES string of the molecule is CC(Nc1ccc(-n2cccn2)cc1)c1nccs1. The van der Waals surface area contributed by atoms with Crippen LogP contribution in [0.25, 0.3) is 5.69 Å². The summed E-state index contributed by atoms with van der Waals surface area (Å²) in [5.74, 6) is 0. The summed E-state index contributed by atoms with van der Waals surface area (Å²) in [6.45, 7) is 2.11. The fourth-order valence-corrected chi connectivity index (χ4v) is 2.54. The van der Waals surface area contributed by atoms with Crippen molar-refractivity contribution in [3.05, 3.63) is 59.3 Å². The Labute approximate surface area is 115 Å². The van der Waals surface area contributed by atoms with Crippen LogP contribution in [0, 0.1) is 0 Å². The zero-order valence-corrected chi connectivity index (χ0v) is 11.3. The molecule has 19 heavy (non-hydrogen) atoms. The Morgan fingerprint density at radius 2 is 2.05 bits per heavy atom. The average Bonchev–Trinajstić information content (AvgIpc) is 3.13. The van der Waals surface area contributed by atoms with Crippen molar-refractivity contribution in [2.24, 2.45) is 0 Å². The minimum atomic E-state index is 0.218. The van der Waals surface area contributed by atoms with Gasteiger partial charge in [-0.05, 0) is 37.3 Å². The predicted molar refractivity (Wildman–Crippen MR) is 77.7 cm³/mol. The van der Waals surface area contributed by atoms with Crippen molar-refractivity contribution in [2.75, 3.05) is 5.32 Å². The van der Waals surface area contributed by atoms with E-state index >= 15 is 0 Å². The molecule has 0 aliphatic rings. The van der Waals surface area contributed by atoms with Crippen LogP contribution in [-0.4, -0.2) is 14.8 Å². The first kappa shape index (κ1) is 11.9. The van der Waals surface area contributed by atoms with E-state index in [-0.39, 0.29) is 6.04 Å². The highest BCUT2D eigenvalue weighted by atomic mass is 32.1. The molecule has 1 unspecified atom stereocenters. The molecule has 2 heterocycles. The smallest absolute Gasteiger partial charge is 0.115 e. The van der Waals surface area contributed by atoms with Crippen LogP contribution in [0.4, 0.5) is 5.69 Å². The van der Waals surface area contributed by atoms with E-state index in [4.69, 9.17) is 0 Å². The van der Waals surface area contributed by atoms with E-state index in [9.17, 15) is 0 Å². The number of benzene rings is 1. The van der Waals surface area contributed by atoms with Gasteiger partial charge in [0.25, 0.3) is 0 Å². The first-order valence-corrected chi connectivity index (χ1v) is 6.97. The second kappa shape index (κ2) is 5.24. The Hall–Kier alpha value is -2.14. The maximum Gasteiger partial charge on any atom is 0.115 e. The molecular formula is C14H14N4S. The molecule has 0 bridgehead atoms. The van der Waals surface area contributed by atoms with Gasteiger partial charge in [0, 0.05) is 29.7 Å². The Morgan fingerprint density at radius 3 is 2.68 bits per heavy atom. The molecule has 1 atom stereocenters. The van der Waals surface area contributed by atoms with Crippen LogP contribution in [0.5, 0.6) is 0 Å². The average molecular weight is 270 g/mol. The Balaban J connectivity index is 1.73. The molecule has 3 rings (SSSR count). The molecule has 96 valence electrons.